The predicted molar refractivity (Wildman–Crippen MR) is 79.4 cm³/mol. The lowest BCUT2D eigenvalue weighted by atomic mass is 10.2. The first-order valence-electron chi connectivity index (χ1n) is 5.92. The van der Waals surface area contributed by atoms with Crippen LogP contribution in [0.25, 0.3) is 0 Å². The molecule has 0 saturated heterocycles. The van der Waals surface area contributed by atoms with Gasteiger partial charge in [0.25, 0.3) is 10.0 Å². The van der Waals surface area contributed by atoms with Gasteiger partial charge >= 0.3 is 0 Å². The molecule has 2 aromatic rings. The molecule has 0 amide bonds. The van der Waals surface area contributed by atoms with Crippen molar-refractivity contribution in [3.8, 4) is 0 Å². The van der Waals surface area contributed by atoms with Crippen LogP contribution in [0.1, 0.15) is 11.1 Å². The van der Waals surface area contributed by atoms with E-state index in [-0.39, 0.29) is 11.5 Å². The van der Waals surface area contributed by atoms with Gasteiger partial charge < -0.3 is 5.11 Å². The van der Waals surface area contributed by atoms with Gasteiger partial charge in [-0.2, -0.15) is 0 Å². The normalized spacial score (nSPS) is 11.3. The van der Waals surface area contributed by atoms with Crippen molar-refractivity contribution in [2.45, 2.75) is 18.4 Å². The summed E-state index contributed by atoms with van der Waals surface area (Å²) in [5.74, 6) is 0. The average molecular weight is 312 g/mol. The van der Waals surface area contributed by atoms with Crippen LogP contribution in [0.15, 0.2) is 47.4 Å². The first-order valence-corrected chi connectivity index (χ1v) is 7.78. The number of aryl methyl sites for hydroxylation is 1. The van der Waals surface area contributed by atoms with Crippen molar-refractivity contribution < 1.29 is 13.5 Å². The molecule has 20 heavy (non-hydrogen) atoms. The van der Waals surface area contributed by atoms with Crippen molar-refractivity contribution in [2.75, 3.05) is 4.72 Å². The molecule has 0 aromatic heterocycles. The maximum Gasteiger partial charge on any atom is 0.262 e. The monoisotopic (exact) mass is 311 g/mol. The zero-order chi connectivity index (χ0) is 14.8. The van der Waals surface area contributed by atoms with Gasteiger partial charge in [0.15, 0.2) is 0 Å². The van der Waals surface area contributed by atoms with Gasteiger partial charge in [0.05, 0.1) is 22.2 Å². The van der Waals surface area contributed by atoms with Gasteiger partial charge in [0.1, 0.15) is 0 Å². The molecule has 0 bridgehead atoms. The van der Waals surface area contributed by atoms with Gasteiger partial charge in [0, 0.05) is 0 Å². The number of aliphatic hydroxyl groups is 1. The Morgan fingerprint density at radius 2 is 1.90 bits per heavy atom. The van der Waals surface area contributed by atoms with Crippen LogP contribution in [0.4, 0.5) is 5.69 Å². The average Bonchev–Trinajstić information content (AvgIpc) is 2.42. The largest absolute Gasteiger partial charge is 0.392 e. The summed E-state index contributed by atoms with van der Waals surface area (Å²) >= 11 is 5.99. The number of halogens is 1. The zero-order valence-corrected chi connectivity index (χ0v) is 12.4. The number of benzene rings is 2. The molecule has 0 aliphatic rings. The lowest BCUT2D eigenvalue weighted by Crippen LogP contribution is -2.15. The third-order valence-corrected chi connectivity index (χ3v) is 4.59. The molecule has 2 rings (SSSR count). The molecular formula is C14H14ClNO3S. The van der Waals surface area contributed by atoms with Gasteiger partial charge in [-0.05, 0) is 36.2 Å². The van der Waals surface area contributed by atoms with Crippen LogP contribution >= 0.6 is 11.6 Å². The number of hydrogen-bond donors (Lipinski definition) is 2. The minimum absolute atomic E-state index is 0.0417. The van der Waals surface area contributed by atoms with Crippen molar-refractivity contribution in [1.29, 1.82) is 0 Å². The second kappa shape index (κ2) is 5.83. The van der Waals surface area contributed by atoms with Crippen LogP contribution in [0.2, 0.25) is 5.02 Å². The van der Waals surface area contributed by atoms with E-state index in [9.17, 15) is 13.5 Å². The Labute approximate surface area is 123 Å². The highest BCUT2D eigenvalue weighted by molar-refractivity contribution is 7.92. The van der Waals surface area contributed by atoms with Crippen LogP contribution in [-0.2, 0) is 16.6 Å². The summed E-state index contributed by atoms with van der Waals surface area (Å²) in [5, 5.41) is 9.55. The highest BCUT2D eigenvalue weighted by Gasteiger charge is 2.19. The Hall–Kier alpha value is -1.56. The number of nitrogens with one attached hydrogen (secondary N) is 1. The second-order valence-corrected chi connectivity index (χ2v) is 6.41. The van der Waals surface area contributed by atoms with Crippen molar-refractivity contribution in [2.24, 2.45) is 0 Å². The van der Waals surface area contributed by atoms with Gasteiger partial charge in [0.2, 0.25) is 0 Å². The van der Waals surface area contributed by atoms with Crippen molar-refractivity contribution in [3.05, 3.63) is 58.6 Å². The number of rotatable bonds is 4. The van der Waals surface area contributed by atoms with Crippen molar-refractivity contribution in [3.63, 3.8) is 0 Å². The first-order chi connectivity index (χ1) is 9.44. The Morgan fingerprint density at radius 1 is 1.20 bits per heavy atom. The number of anilines is 1. The third-order valence-electron chi connectivity index (χ3n) is 2.80. The molecule has 0 spiro atoms. The van der Waals surface area contributed by atoms with E-state index in [4.69, 9.17) is 11.6 Å². The van der Waals surface area contributed by atoms with E-state index < -0.39 is 10.0 Å². The molecule has 106 valence electrons. The Morgan fingerprint density at radius 3 is 2.60 bits per heavy atom. The summed E-state index contributed by atoms with van der Waals surface area (Å²) in [4.78, 5) is 0.0417. The molecular weight excluding hydrogens is 298 g/mol. The SMILES string of the molecule is Cc1ccc(Cl)c(NS(=O)(=O)c2ccccc2CO)c1. The van der Waals surface area contributed by atoms with Crippen LogP contribution in [0.3, 0.4) is 0 Å². The van der Waals surface area contributed by atoms with Crippen LogP contribution < -0.4 is 4.72 Å². The fraction of sp³-hybridized carbons (Fsp3) is 0.143. The molecule has 2 aromatic carbocycles. The van der Waals surface area contributed by atoms with E-state index in [2.05, 4.69) is 4.72 Å². The summed E-state index contributed by atoms with van der Waals surface area (Å²) in [6, 6.07) is 11.4. The molecule has 0 aliphatic carbocycles. The third kappa shape index (κ3) is 3.12. The quantitative estimate of drug-likeness (QED) is 0.912. The summed E-state index contributed by atoms with van der Waals surface area (Å²) in [5.41, 5.74) is 1.55. The standard InChI is InChI=1S/C14H14ClNO3S/c1-10-6-7-12(15)13(8-10)16-20(18,19)14-5-3-2-4-11(14)9-17/h2-8,16-17H,9H2,1H3. The highest BCUT2D eigenvalue weighted by Crippen LogP contribution is 2.26. The van der Waals surface area contributed by atoms with E-state index in [0.29, 0.717) is 16.3 Å². The molecule has 0 aliphatic heterocycles. The topological polar surface area (TPSA) is 66.4 Å². The van der Waals surface area contributed by atoms with Gasteiger partial charge in [-0.3, -0.25) is 4.72 Å². The molecule has 0 unspecified atom stereocenters. The zero-order valence-electron chi connectivity index (χ0n) is 10.8. The molecule has 4 nitrogen and oxygen atoms in total. The smallest absolute Gasteiger partial charge is 0.262 e. The summed E-state index contributed by atoms with van der Waals surface area (Å²) in [6.07, 6.45) is 0. The molecule has 6 heteroatoms. The van der Waals surface area contributed by atoms with Gasteiger partial charge in [-0.15, -0.1) is 0 Å². The molecule has 2 N–H and O–H groups in total. The van der Waals surface area contributed by atoms with Crippen LogP contribution in [0, 0.1) is 6.92 Å². The Bertz CT molecular complexity index is 729. The van der Waals surface area contributed by atoms with E-state index in [1.165, 1.54) is 6.07 Å². The Balaban J connectivity index is 2.43. The van der Waals surface area contributed by atoms with Crippen LogP contribution in [0.5, 0.6) is 0 Å². The fourth-order valence-corrected chi connectivity index (χ4v) is 3.34. The molecule has 0 atom stereocenters. The number of sulfonamides is 1. The number of hydrogen-bond acceptors (Lipinski definition) is 3. The summed E-state index contributed by atoms with van der Waals surface area (Å²) < 4.78 is 27.2. The maximum atomic E-state index is 12.4. The van der Waals surface area contributed by atoms with Crippen molar-refractivity contribution >= 4 is 27.3 Å². The minimum atomic E-state index is -3.79. The lowest BCUT2D eigenvalue weighted by molar-refractivity contribution is 0.278. The first kappa shape index (κ1) is 14.8. The van der Waals surface area contributed by atoms with E-state index in [1.807, 2.05) is 6.92 Å². The van der Waals surface area contributed by atoms with E-state index in [0.717, 1.165) is 5.56 Å². The second-order valence-electron chi connectivity index (χ2n) is 4.35. The summed E-state index contributed by atoms with van der Waals surface area (Å²) in [7, 11) is -3.79. The molecule has 0 radical (unpaired) electrons. The van der Waals surface area contributed by atoms with Gasteiger partial charge in [-0.1, -0.05) is 35.9 Å². The highest BCUT2D eigenvalue weighted by atomic mass is 35.5. The van der Waals surface area contributed by atoms with E-state index >= 15 is 0 Å². The lowest BCUT2D eigenvalue weighted by Gasteiger charge is -2.12. The number of aliphatic hydroxyl groups excluding tert-OH is 1. The van der Waals surface area contributed by atoms with Crippen molar-refractivity contribution in [1.82, 2.24) is 0 Å². The molecule has 0 fully saturated rings. The molecule has 0 heterocycles. The maximum absolute atomic E-state index is 12.4. The van der Waals surface area contributed by atoms with E-state index in [1.54, 1.807) is 36.4 Å². The summed E-state index contributed by atoms with van der Waals surface area (Å²) in [6.45, 7) is 1.49. The van der Waals surface area contributed by atoms with Gasteiger partial charge in [-0.25, -0.2) is 8.42 Å². The minimum Gasteiger partial charge on any atom is -0.392 e. The predicted octanol–water partition coefficient (Wildman–Crippen LogP) is 2.94. The Kier molecular flexibility index (Phi) is 4.32. The molecule has 0 saturated carbocycles. The van der Waals surface area contributed by atoms with Crippen LogP contribution in [-0.4, -0.2) is 13.5 Å². The fourth-order valence-electron chi connectivity index (χ4n) is 1.81.